The summed E-state index contributed by atoms with van der Waals surface area (Å²) in [6.07, 6.45) is 3.89. The highest BCUT2D eigenvalue weighted by atomic mass is 127. The van der Waals surface area contributed by atoms with Crippen LogP contribution < -0.4 is 9.64 Å². The molecule has 1 aliphatic rings. The molecule has 3 aromatic carbocycles. The lowest BCUT2D eigenvalue weighted by Crippen LogP contribution is -2.25. The smallest absolute Gasteiger partial charge is 0.262 e. The molecule has 31 heavy (non-hydrogen) atoms. The molecule has 156 valence electrons. The second-order valence-corrected chi connectivity index (χ2v) is 9.21. The highest BCUT2D eigenvalue weighted by Crippen LogP contribution is 2.36. The molecule has 0 bridgehead atoms. The summed E-state index contributed by atoms with van der Waals surface area (Å²) < 4.78 is 7.64. The Kier molecular flexibility index (Phi) is 6.62. The molecule has 3 nitrogen and oxygen atoms in total. The summed E-state index contributed by atoms with van der Waals surface area (Å²) >= 11 is 5.87. The first-order chi connectivity index (χ1) is 15.0. The van der Waals surface area contributed by atoms with Crippen molar-refractivity contribution in [2.45, 2.75) is 13.8 Å². The quantitative estimate of drug-likeness (QED) is 0.233. The summed E-state index contributed by atoms with van der Waals surface area (Å²) in [4.78, 5) is 15.3. The summed E-state index contributed by atoms with van der Waals surface area (Å²) in [6.45, 7) is 4.62. The molecule has 0 saturated heterocycles. The number of ether oxygens (including phenoxy) is 1. The molecule has 1 aliphatic heterocycles. The fourth-order valence-electron chi connectivity index (χ4n) is 3.52. The third-order valence-corrected chi connectivity index (χ3v) is 6.86. The van der Waals surface area contributed by atoms with E-state index in [4.69, 9.17) is 4.74 Å². The molecule has 1 amide bonds. The van der Waals surface area contributed by atoms with Crippen molar-refractivity contribution < 1.29 is 9.53 Å². The van der Waals surface area contributed by atoms with Crippen LogP contribution in [0.3, 0.4) is 0 Å². The van der Waals surface area contributed by atoms with Crippen LogP contribution in [-0.4, -0.2) is 12.5 Å². The van der Waals surface area contributed by atoms with Gasteiger partial charge in [-0.05, 0) is 112 Å². The van der Waals surface area contributed by atoms with E-state index in [1.807, 2.05) is 79.7 Å². The molecule has 1 heterocycles. The maximum atomic E-state index is 13.5. The van der Waals surface area contributed by atoms with Gasteiger partial charge in [-0.1, -0.05) is 36.4 Å². The summed E-state index contributed by atoms with van der Waals surface area (Å²) in [7, 11) is 0. The van der Waals surface area contributed by atoms with Gasteiger partial charge in [-0.15, -0.1) is 0 Å². The van der Waals surface area contributed by atoms with Crippen molar-refractivity contribution in [1.82, 2.24) is 0 Å². The van der Waals surface area contributed by atoms with E-state index in [1.54, 1.807) is 4.90 Å². The standard InChI is InChI=1S/C26H21BrINO2/c1-3-31-25-12-9-18(15-22(25)27)14-20-16-24(19-7-5-4-6-8-19)29(26(20)30)21-10-11-23(28)17(2)13-21/h4-16H,3H2,1-2H3/b20-14+. The zero-order valence-corrected chi connectivity index (χ0v) is 21.0. The Labute approximate surface area is 204 Å². The fourth-order valence-corrected chi connectivity index (χ4v) is 4.37. The van der Waals surface area contributed by atoms with Crippen LogP contribution in [0.2, 0.25) is 0 Å². The number of anilines is 1. The molecule has 0 unspecified atom stereocenters. The molecule has 0 atom stereocenters. The van der Waals surface area contributed by atoms with Crippen LogP contribution in [0, 0.1) is 10.5 Å². The van der Waals surface area contributed by atoms with Gasteiger partial charge in [-0.3, -0.25) is 9.69 Å². The van der Waals surface area contributed by atoms with E-state index >= 15 is 0 Å². The molecule has 0 fully saturated rings. The average Bonchev–Trinajstić information content (AvgIpc) is 3.09. The van der Waals surface area contributed by atoms with Gasteiger partial charge in [0.25, 0.3) is 5.91 Å². The zero-order valence-electron chi connectivity index (χ0n) is 17.2. The first-order valence-corrected chi connectivity index (χ1v) is 11.9. The number of halogens is 2. The van der Waals surface area contributed by atoms with E-state index in [0.29, 0.717) is 12.2 Å². The Balaban J connectivity index is 1.78. The predicted octanol–water partition coefficient (Wildman–Crippen LogP) is 7.23. The number of aryl methyl sites for hydroxylation is 1. The third-order valence-electron chi connectivity index (χ3n) is 5.03. The maximum absolute atomic E-state index is 13.5. The number of carbonyl (C=O) groups is 1. The van der Waals surface area contributed by atoms with Crippen LogP contribution in [0.1, 0.15) is 23.6 Å². The average molecular weight is 586 g/mol. The predicted molar refractivity (Wildman–Crippen MR) is 139 cm³/mol. The molecule has 0 N–H and O–H groups in total. The van der Waals surface area contributed by atoms with E-state index < -0.39 is 0 Å². The SMILES string of the molecule is CCOc1ccc(/C=C2\C=C(c3ccccc3)N(c3ccc(I)c(C)c3)C2=O)cc1Br. The van der Waals surface area contributed by atoms with Crippen LogP contribution >= 0.6 is 38.5 Å². The minimum Gasteiger partial charge on any atom is -0.493 e. The summed E-state index contributed by atoms with van der Waals surface area (Å²) in [6, 6.07) is 22.0. The Morgan fingerprint density at radius 1 is 1.06 bits per heavy atom. The van der Waals surface area contributed by atoms with Crippen molar-refractivity contribution in [2.24, 2.45) is 0 Å². The lowest BCUT2D eigenvalue weighted by Gasteiger charge is -2.21. The van der Waals surface area contributed by atoms with Crippen LogP contribution in [0.5, 0.6) is 5.75 Å². The third kappa shape index (κ3) is 4.62. The maximum Gasteiger partial charge on any atom is 0.262 e. The number of rotatable bonds is 5. The summed E-state index contributed by atoms with van der Waals surface area (Å²) in [5.41, 5.74) is 5.47. The van der Waals surface area contributed by atoms with Crippen molar-refractivity contribution in [3.8, 4) is 5.75 Å². The van der Waals surface area contributed by atoms with Crippen molar-refractivity contribution in [3.05, 3.63) is 103 Å². The van der Waals surface area contributed by atoms with Gasteiger partial charge < -0.3 is 4.74 Å². The molecule has 0 saturated carbocycles. The molecule has 0 spiro atoms. The van der Waals surface area contributed by atoms with Crippen LogP contribution in [0.4, 0.5) is 5.69 Å². The Bertz CT molecular complexity index is 1200. The second kappa shape index (κ2) is 9.40. The largest absolute Gasteiger partial charge is 0.493 e. The highest BCUT2D eigenvalue weighted by molar-refractivity contribution is 14.1. The number of carbonyl (C=O) groups excluding carboxylic acids is 1. The Hall–Kier alpha value is -2.38. The van der Waals surface area contributed by atoms with Gasteiger partial charge in [0, 0.05) is 14.8 Å². The van der Waals surface area contributed by atoms with Crippen LogP contribution in [0.25, 0.3) is 11.8 Å². The number of hydrogen-bond acceptors (Lipinski definition) is 2. The van der Waals surface area contributed by atoms with Crippen molar-refractivity contribution in [1.29, 1.82) is 0 Å². The number of hydrogen-bond donors (Lipinski definition) is 0. The molecule has 0 radical (unpaired) electrons. The van der Waals surface area contributed by atoms with Gasteiger partial charge in [-0.2, -0.15) is 0 Å². The number of benzene rings is 3. The minimum atomic E-state index is -0.0375. The molecule has 0 aromatic heterocycles. The van der Waals surface area contributed by atoms with E-state index in [9.17, 15) is 4.79 Å². The first kappa shape index (κ1) is 21.8. The van der Waals surface area contributed by atoms with E-state index in [1.165, 1.54) is 3.57 Å². The summed E-state index contributed by atoms with van der Waals surface area (Å²) in [5, 5.41) is 0. The van der Waals surface area contributed by atoms with Gasteiger partial charge >= 0.3 is 0 Å². The van der Waals surface area contributed by atoms with Gasteiger partial charge in [0.15, 0.2) is 0 Å². The topological polar surface area (TPSA) is 29.5 Å². The zero-order chi connectivity index (χ0) is 22.0. The minimum absolute atomic E-state index is 0.0375. The first-order valence-electron chi connectivity index (χ1n) is 9.99. The normalized spacial score (nSPS) is 14.8. The Morgan fingerprint density at radius 2 is 1.84 bits per heavy atom. The second-order valence-electron chi connectivity index (χ2n) is 7.19. The molecule has 5 heteroatoms. The molecule has 0 aliphatic carbocycles. The van der Waals surface area contributed by atoms with Crippen LogP contribution in [0.15, 0.2) is 82.9 Å². The van der Waals surface area contributed by atoms with Gasteiger partial charge in [0.1, 0.15) is 5.75 Å². The monoisotopic (exact) mass is 585 g/mol. The van der Waals surface area contributed by atoms with Gasteiger partial charge in [-0.25, -0.2) is 0 Å². The van der Waals surface area contributed by atoms with E-state index in [0.717, 1.165) is 38.3 Å². The van der Waals surface area contributed by atoms with E-state index in [-0.39, 0.29) is 5.91 Å². The highest BCUT2D eigenvalue weighted by Gasteiger charge is 2.30. The van der Waals surface area contributed by atoms with Gasteiger partial charge in [0.2, 0.25) is 0 Å². The number of amides is 1. The van der Waals surface area contributed by atoms with Gasteiger partial charge in [0.05, 0.1) is 16.8 Å². The lowest BCUT2D eigenvalue weighted by atomic mass is 10.1. The molecular weight excluding hydrogens is 565 g/mol. The van der Waals surface area contributed by atoms with Crippen LogP contribution in [-0.2, 0) is 4.79 Å². The fraction of sp³-hybridized carbons (Fsp3) is 0.115. The van der Waals surface area contributed by atoms with Crippen molar-refractivity contribution in [2.75, 3.05) is 11.5 Å². The molecule has 3 aromatic rings. The lowest BCUT2D eigenvalue weighted by molar-refractivity contribution is -0.113. The number of nitrogens with zero attached hydrogens (tertiary/aromatic N) is 1. The Morgan fingerprint density at radius 3 is 2.52 bits per heavy atom. The molecule has 4 rings (SSSR count). The van der Waals surface area contributed by atoms with Crippen molar-refractivity contribution >= 4 is 61.9 Å². The molecular formula is C26H21BrINO2. The van der Waals surface area contributed by atoms with Crippen molar-refractivity contribution in [3.63, 3.8) is 0 Å². The summed E-state index contributed by atoms with van der Waals surface area (Å²) in [5.74, 6) is 0.753. The van der Waals surface area contributed by atoms with E-state index in [2.05, 4.69) is 51.5 Å².